The third-order valence-electron chi connectivity index (χ3n) is 2.56. The predicted octanol–water partition coefficient (Wildman–Crippen LogP) is 2.19. The highest BCUT2D eigenvalue weighted by atomic mass is 32.1. The Bertz CT molecular complexity index is 454. The molecule has 0 spiro atoms. The highest BCUT2D eigenvalue weighted by Crippen LogP contribution is 2.00. The molecule has 1 aromatic carbocycles. The molecule has 0 heterocycles. The van der Waals surface area contributed by atoms with Gasteiger partial charge in [-0.2, -0.15) is 10.5 Å². The minimum Gasteiger partial charge on any atom is -0.358 e. The smallest absolute Gasteiger partial charge is 0.169 e. The zero-order chi connectivity index (χ0) is 13.9. The molecule has 1 aromatic rings. The number of hydrogen-bond donors (Lipinski definition) is 1. The molecule has 5 heteroatoms. The van der Waals surface area contributed by atoms with Gasteiger partial charge in [-0.3, -0.25) is 0 Å². The zero-order valence-corrected chi connectivity index (χ0v) is 11.5. The number of rotatable bonds is 6. The lowest BCUT2D eigenvalue weighted by atomic mass is 10.2. The maximum atomic E-state index is 8.62. The first kappa shape index (κ1) is 14.9. The summed E-state index contributed by atoms with van der Waals surface area (Å²) in [7, 11) is 0. The van der Waals surface area contributed by atoms with Gasteiger partial charge in [0.15, 0.2) is 5.11 Å². The van der Waals surface area contributed by atoms with Gasteiger partial charge < -0.3 is 10.2 Å². The van der Waals surface area contributed by atoms with Gasteiger partial charge in [-0.1, -0.05) is 30.3 Å². The number of hydrogen-bond acceptors (Lipinski definition) is 3. The molecule has 1 rings (SSSR count). The van der Waals surface area contributed by atoms with Crippen LogP contribution in [0.3, 0.4) is 0 Å². The summed E-state index contributed by atoms with van der Waals surface area (Å²) in [5, 5.41) is 21.0. The summed E-state index contributed by atoms with van der Waals surface area (Å²) >= 11 is 5.30. The molecular formula is C14H16N4S. The van der Waals surface area contributed by atoms with E-state index in [0.717, 1.165) is 5.56 Å². The van der Waals surface area contributed by atoms with Crippen LogP contribution < -0.4 is 5.32 Å². The molecule has 0 atom stereocenters. The van der Waals surface area contributed by atoms with Gasteiger partial charge >= 0.3 is 0 Å². The molecular weight excluding hydrogens is 256 g/mol. The molecule has 0 saturated carbocycles. The molecule has 0 amide bonds. The Hall–Kier alpha value is -2.11. The van der Waals surface area contributed by atoms with Crippen LogP contribution in [0.5, 0.6) is 0 Å². The van der Waals surface area contributed by atoms with Gasteiger partial charge in [0, 0.05) is 19.6 Å². The fourth-order valence-corrected chi connectivity index (χ4v) is 1.82. The van der Waals surface area contributed by atoms with Crippen molar-refractivity contribution in [2.45, 2.75) is 19.4 Å². The molecule has 0 fully saturated rings. The van der Waals surface area contributed by atoms with Gasteiger partial charge in [-0.15, -0.1) is 0 Å². The van der Waals surface area contributed by atoms with Crippen LogP contribution in [-0.4, -0.2) is 23.1 Å². The van der Waals surface area contributed by atoms with E-state index < -0.39 is 0 Å². The third kappa shape index (κ3) is 5.85. The summed E-state index contributed by atoms with van der Waals surface area (Å²) in [6.45, 7) is 1.76. The summed E-state index contributed by atoms with van der Waals surface area (Å²) in [6.07, 6.45) is 0.803. The zero-order valence-electron chi connectivity index (χ0n) is 10.7. The van der Waals surface area contributed by atoms with Crippen LogP contribution in [0.1, 0.15) is 18.4 Å². The van der Waals surface area contributed by atoms with E-state index in [1.54, 1.807) is 0 Å². The first-order valence-electron chi connectivity index (χ1n) is 6.08. The summed E-state index contributed by atoms with van der Waals surface area (Å²) in [5.41, 5.74) is 1.14. The average molecular weight is 272 g/mol. The third-order valence-corrected chi connectivity index (χ3v) is 2.96. The van der Waals surface area contributed by atoms with Crippen molar-refractivity contribution in [2.75, 3.05) is 13.1 Å². The highest BCUT2D eigenvalue weighted by Gasteiger charge is 2.08. The first-order chi connectivity index (χ1) is 9.27. The quantitative estimate of drug-likeness (QED) is 0.804. The Morgan fingerprint density at radius 1 is 1.11 bits per heavy atom. The van der Waals surface area contributed by atoms with Gasteiger partial charge in [0.1, 0.15) is 0 Å². The van der Waals surface area contributed by atoms with Gasteiger partial charge in [0.05, 0.1) is 25.0 Å². The SMILES string of the molecule is N#CCCN(CCC#N)C(=S)NCc1ccccc1. The van der Waals surface area contributed by atoms with Gasteiger partial charge in [0.2, 0.25) is 0 Å². The monoisotopic (exact) mass is 272 g/mol. The standard InChI is InChI=1S/C14H16N4S/c15-8-4-10-18(11-5-9-16)14(19)17-12-13-6-2-1-3-7-13/h1-3,6-7H,4-5,10-12H2,(H,17,19). The molecule has 4 nitrogen and oxygen atoms in total. The van der Waals surface area contributed by atoms with Crippen LogP contribution in [0.2, 0.25) is 0 Å². The fourth-order valence-electron chi connectivity index (χ4n) is 1.57. The first-order valence-corrected chi connectivity index (χ1v) is 6.49. The summed E-state index contributed by atoms with van der Waals surface area (Å²) < 4.78 is 0. The van der Waals surface area contributed by atoms with Gasteiger partial charge in [-0.05, 0) is 17.8 Å². The van der Waals surface area contributed by atoms with Crippen molar-refractivity contribution in [1.29, 1.82) is 10.5 Å². The number of thiocarbonyl (C=S) groups is 1. The molecule has 0 aliphatic carbocycles. The normalized spacial score (nSPS) is 9.16. The maximum absolute atomic E-state index is 8.62. The molecule has 0 aliphatic rings. The van der Waals surface area contributed by atoms with Crippen LogP contribution >= 0.6 is 12.2 Å². The molecule has 0 saturated heterocycles. The Balaban J connectivity index is 2.47. The number of nitrogens with zero attached hydrogens (tertiary/aromatic N) is 3. The summed E-state index contributed by atoms with van der Waals surface area (Å²) in [6, 6.07) is 14.1. The largest absolute Gasteiger partial charge is 0.358 e. The second-order valence-corrected chi connectivity index (χ2v) is 4.33. The summed E-state index contributed by atoms with van der Waals surface area (Å²) in [5.74, 6) is 0. The van der Waals surface area contributed by atoms with Crippen LogP contribution in [0.25, 0.3) is 0 Å². The van der Waals surface area contributed by atoms with Crippen molar-refractivity contribution in [3.8, 4) is 12.1 Å². The van der Waals surface area contributed by atoms with Gasteiger partial charge in [-0.25, -0.2) is 0 Å². The van der Waals surface area contributed by atoms with Crippen molar-refractivity contribution in [2.24, 2.45) is 0 Å². The van der Waals surface area contributed by atoms with E-state index in [-0.39, 0.29) is 0 Å². The fraction of sp³-hybridized carbons (Fsp3) is 0.357. The lowest BCUT2D eigenvalue weighted by Gasteiger charge is -2.24. The minimum absolute atomic E-state index is 0.401. The maximum Gasteiger partial charge on any atom is 0.169 e. The van der Waals surface area contributed by atoms with Crippen LogP contribution in [0.4, 0.5) is 0 Å². The van der Waals surface area contributed by atoms with Crippen LogP contribution in [0, 0.1) is 22.7 Å². The number of benzene rings is 1. The minimum atomic E-state index is 0.401. The molecule has 98 valence electrons. The summed E-state index contributed by atoms with van der Waals surface area (Å²) in [4.78, 5) is 1.87. The van der Waals surface area contributed by atoms with Crippen molar-refractivity contribution in [3.05, 3.63) is 35.9 Å². The van der Waals surface area contributed by atoms with Crippen LogP contribution in [-0.2, 0) is 6.54 Å². The lowest BCUT2D eigenvalue weighted by Crippen LogP contribution is -2.40. The second kappa shape index (κ2) is 8.91. The van der Waals surface area contributed by atoms with E-state index in [9.17, 15) is 0 Å². The topological polar surface area (TPSA) is 62.9 Å². The lowest BCUT2D eigenvalue weighted by molar-refractivity contribution is 0.428. The van der Waals surface area contributed by atoms with Crippen molar-refractivity contribution in [3.63, 3.8) is 0 Å². The number of nitriles is 2. The van der Waals surface area contributed by atoms with E-state index in [2.05, 4.69) is 17.5 Å². The van der Waals surface area contributed by atoms with E-state index >= 15 is 0 Å². The molecule has 1 N–H and O–H groups in total. The second-order valence-electron chi connectivity index (χ2n) is 3.95. The molecule has 0 unspecified atom stereocenters. The van der Waals surface area contributed by atoms with E-state index in [1.165, 1.54) is 0 Å². The molecule has 0 aliphatic heterocycles. The Labute approximate surface area is 119 Å². The van der Waals surface area contributed by atoms with Crippen molar-refractivity contribution in [1.82, 2.24) is 10.2 Å². The molecule has 0 bridgehead atoms. The average Bonchev–Trinajstić information content (AvgIpc) is 2.46. The van der Waals surface area contributed by atoms with Crippen LogP contribution in [0.15, 0.2) is 30.3 Å². The van der Waals surface area contributed by atoms with Crippen molar-refractivity contribution >= 4 is 17.3 Å². The van der Waals surface area contributed by atoms with E-state index in [0.29, 0.717) is 37.6 Å². The molecule has 0 aromatic heterocycles. The highest BCUT2D eigenvalue weighted by molar-refractivity contribution is 7.80. The predicted molar refractivity (Wildman–Crippen MR) is 77.9 cm³/mol. The molecule has 19 heavy (non-hydrogen) atoms. The van der Waals surface area contributed by atoms with E-state index in [1.807, 2.05) is 35.2 Å². The Morgan fingerprint density at radius 3 is 2.21 bits per heavy atom. The Morgan fingerprint density at radius 2 is 1.68 bits per heavy atom. The Kier molecular flexibility index (Phi) is 7.01. The molecule has 0 radical (unpaired) electrons. The van der Waals surface area contributed by atoms with E-state index in [4.69, 9.17) is 22.7 Å². The number of nitrogens with one attached hydrogen (secondary N) is 1. The van der Waals surface area contributed by atoms with Crippen molar-refractivity contribution < 1.29 is 0 Å². The van der Waals surface area contributed by atoms with Gasteiger partial charge in [0.25, 0.3) is 0 Å².